The van der Waals surface area contributed by atoms with Crippen molar-refractivity contribution in [2.24, 2.45) is 17.1 Å². The number of aromatic amines is 1. The third kappa shape index (κ3) is 6.94. The van der Waals surface area contributed by atoms with Crippen LogP contribution in [0.4, 0.5) is 0 Å². The molecule has 0 bridgehead atoms. The highest BCUT2D eigenvalue weighted by atomic mass is 35.5. The first-order valence-electron chi connectivity index (χ1n) is 12.2. The van der Waals surface area contributed by atoms with Crippen molar-refractivity contribution in [3.8, 4) is 5.75 Å². The second-order valence-electron chi connectivity index (χ2n) is 11.5. The maximum Gasteiger partial charge on any atom is 0.268 e. The van der Waals surface area contributed by atoms with Crippen LogP contribution in [0, 0.1) is 11.3 Å². The Kier molecular flexibility index (Phi) is 8.12. The molecule has 37 heavy (non-hydrogen) atoms. The van der Waals surface area contributed by atoms with Gasteiger partial charge in [0.25, 0.3) is 5.91 Å². The minimum absolute atomic E-state index is 0.0762. The summed E-state index contributed by atoms with van der Waals surface area (Å²) in [6, 6.07) is 2.94. The van der Waals surface area contributed by atoms with Crippen LogP contribution in [0.5, 0.6) is 5.75 Å². The number of benzene rings is 1. The molecule has 4 amide bonds. The van der Waals surface area contributed by atoms with Gasteiger partial charge in [0.1, 0.15) is 23.5 Å². The van der Waals surface area contributed by atoms with Gasteiger partial charge in [0, 0.05) is 16.8 Å². The van der Waals surface area contributed by atoms with Gasteiger partial charge in [-0.15, -0.1) is 0 Å². The van der Waals surface area contributed by atoms with E-state index in [-0.39, 0.29) is 29.9 Å². The molecule has 1 aliphatic rings. The molecule has 11 heteroatoms. The lowest BCUT2D eigenvalue weighted by molar-refractivity contribution is -0.130. The molecule has 2 aromatic rings. The Morgan fingerprint density at radius 2 is 1.89 bits per heavy atom. The van der Waals surface area contributed by atoms with Crippen LogP contribution in [0.2, 0.25) is 5.02 Å². The summed E-state index contributed by atoms with van der Waals surface area (Å²) in [5, 5.41) is 9.36. The van der Waals surface area contributed by atoms with Crippen molar-refractivity contribution in [1.29, 1.82) is 0 Å². The SMILES string of the molecule is COc1ccc(Cl)c2[nH]c(C(=O)N[C@@H](CC(C)(C)C)C(=O)N[C@@H](C[C@@H]3CC(C)(C)NC3=O)C(N)=O)cc12. The number of ether oxygens (including phenoxy) is 1. The van der Waals surface area contributed by atoms with E-state index >= 15 is 0 Å². The van der Waals surface area contributed by atoms with E-state index in [2.05, 4.69) is 20.9 Å². The number of carbonyl (C=O) groups excluding carboxylic acids is 4. The van der Waals surface area contributed by atoms with Crippen molar-refractivity contribution >= 4 is 46.1 Å². The van der Waals surface area contributed by atoms with E-state index in [4.69, 9.17) is 22.1 Å². The number of hydrogen-bond donors (Lipinski definition) is 5. The molecule has 0 saturated carbocycles. The second kappa shape index (κ2) is 10.6. The van der Waals surface area contributed by atoms with Gasteiger partial charge in [0.2, 0.25) is 17.7 Å². The Balaban J connectivity index is 1.80. The zero-order valence-electron chi connectivity index (χ0n) is 22.1. The molecule has 3 rings (SSSR count). The Labute approximate surface area is 221 Å². The van der Waals surface area contributed by atoms with Crippen molar-refractivity contribution in [2.75, 3.05) is 7.11 Å². The number of fused-ring (bicyclic) bond motifs is 1. The van der Waals surface area contributed by atoms with Crippen LogP contribution in [0.1, 0.15) is 64.4 Å². The molecule has 1 fully saturated rings. The molecule has 0 aliphatic carbocycles. The van der Waals surface area contributed by atoms with E-state index in [1.807, 2.05) is 34.6 Å². The van der Waals surface area contributed by atoms with Crippen molar-refractivity contribution in [3.05, 3.63) is 28.9 Å². The Morgan fingerprint density at radius 1 is 1.22 bits per heavy atom. The number of aromatic nitrogens is 1. The van der Waals surface area contributed by atoms with Crippen LogP contribution >= 0.6 is 11.6 Å². The molecular weight excluding hydrogens is 498 g/mol. The van der Waals surface area contributed by atoms with E-state index in [1.165, 1.54) is 7.11 Å². The molecule has 0 unspecified atom stereocenters. The zero-order chi connectivity index (χ0) is 27.7. The van der Waals surface area contributed by atoms with E-state index < -0.39 is 41.3 Å². The highest BCUT2D eigenvalue weighted by Gasteiger charge is 2.40. The fourth-order valence-electron chi connectivity index (χ4n) is 4.71. The van der Waals surface area contributed by atoms with Gasteiger partial charge in [0.05, 0.1) is 17.6 Å². The van der Waals surface area contributed by atoms with Gasteiger partial charge in [-0.05, 0) is 56.7 Å². The predicted octanol–water partition coefficient (Wildman–Crippen LogP) is 2.64. The number of halogens is 1. The smallest absolute Gasteiger partial charge is 0.268 e. The van der Waals surface area contributed by atoms with Gasteiger partial charge in [-0.2, -0.15) is 0 Å². The number of hydrogen-bond acceptors (Lipinski definition) is 5. The molecule has 1 saturated heterocycles. The maximum atomic E-state index is 13.3. The minimum Gasteiger partial charge on any atom is -0.496 e. The fraction of sp³-hybridized carbons (Fsp3) is 0.538. The predicted molar refractivity (Wildman–Crippen MR) is 141 cm³/mol. The van der Waals surface area contributed by atoms with Gasteiger partial charge in [-0.3, -0.25) is 19.2 Å². The van der Waals surface area contributed by atoms with Crippen LogP contribution in [-0.4, -0.2) is 53.3 Å². The van der Waals surface area contributed by atoms with Gasteiger partial charge in [0.15, 0.2) is 0 Å². The zero-order valence-corrected chi connectivity index (χ0v) is 22.8. The summed E-state index contributed by atoms with van der Waals surface area (Å²) in [7, 11) is 1.52. The number of nitrogens with two attached hydrogens (primary N) is 1. The molecule has 3 atom stereocenters. The highest BCUT2D eigenvalue weighted by Crippen LogP contribution is 2.32. The molecule has 0 radical (unpaired) electrons. The first kappa shape index (κ1) is 28.3. The summed E-state index contributed by atoms with van der Waals surface area (Å²) in [5.41, 5.74) is 5.58. The number of H-pyrrole nitrogens is 1. The van der Waals surface area contributed by atoms with E-state index in [9.17, 15) is 19.2 Å². The third-order valence-corrected chi connectivity index (χ3v) is 6.69. The van der Waals surface area contributed by atoms with Crippen LogP contribution in [0.3, 0.4) is 0 Å². The molecular formula is C26H36ClN5O5. The minimum atomic E-state index is -1.06. The average molecular weight is 534 g/mol. The van der Waals surface area contributed by atoms with Gasteiger partial charge < -0.3 is 31.4 Å². The summed E-state index contributed by atoms with van der Waals surface area (Å²) >= 11 is 6.28. The highest BCUT2D eigenvalue weighted by molar-refractivity contribution is 6.35. The average Bonchev–Trinajstić information content (AvgIpc) is 3.33. The van der Waals surface area contributed by atoms with Crippen molar-refractivity contribution < 1.29 is 23.9 Å². The van der Waals surface area contributed by atoms with E-state index in [1.54, 1.807) is 18.2 Å². The number of amides is 4. The lowest BCUT2D eigenvalue weighted by Crippen LogP contribution is -2.54. The second-order valence-corrected chi connectivity index (χ2v) is 11.9. The van der Waals surface area contributed by atoms with Crippen LogP contribution in [-0.2, 0) is 14.4 Å². The number of primary amides is 1. The summed E-state index contributed by atoms with van der Waals surface area (Å²) in [6.45, 7) is 9.59. The lowest BCUT2D eigenvalue weighted by Gasteiger charge is -2.28. The molecule has 1 aromatic heterocycles. The summed E-state index contributed by atoms with van der Waals surface area (Å²) in [5.74, 6) is -1.93. The fourth-order valence-corrected chi connectivity index (χ4v) is 4.92. The van der Waals surface area contributed by atoms with Gasteiger partial charge >= 0.3 is 0 Å². The Hall–Kier alpha value is -3.27. The van der Waals surface area contributed by atoms with E-state index in [0.29, 0.717) is 28.1 Å². The lowest BCUT2D eigenvalue weighted by atomic mass is 9.87. The number of nitrogens with one attached hydrogen (secondary N) is 4. The number of carbonyl (C=O) groups is 4. The molecule has 10 nitrogen and oxygen atoms in total. The number of rotatable bonds is 9. The number of methoxy groups -OCH3 is 1. The topological polar surface area (TPSA) is 155 Å². The quantitative estimate of drug-likeness (QED) is 0.335. The molecule has 0 spiro atoms. The van der Waals surface area contributed by atoms with Gasteiger partial charge in [-0.1, -0.05) is 32.4 Å². The first-order chi connectivity index (χ1) is 17.1. The molecule has 6 N–H and O–H groups in total. The summed E-state index contributed by atoms with van der Waals surface area (Å²) < 4.78 is 5.36. The maximum absolute atomic E-state index is 13.3. The Morgan fingerprint density at radius 3 is 2.43 bits per heavy atom. The molecule has 1 aromatic carbocycles. The van der Waals surface area contributed by atoms with Crippen LogP contribution in [0.15, 0.2) is 18.2 Å². The largest absolute Gasteiger partial charge is 0.496 e. The third-order valence-electron chi connectivity index (χ3n) is 6.38. The van der Waals surface area contributed by atoms with Crippen molar-refractivity contribution in [2.45, 2.75) is 71.5 Å². The summed E-state index contributed by atoms with van der Waals surface area (Å²) in [4.78, 5) is 54.0. The Bertz CT molecular complexity index is 1220. The van der Waals surface area contributed by atoms with Crippen molar-refractivity contribution in [3.63, 3.8) is 0 Å². The summed E-state index contributed by atoms with van der Waals surface area (Å²) in [6.07, 6.45) is 0.879. The van der Waals surface area contributed by atoms with Crippen LogP contribution in [0.25, 0.3) is 10.9 Å². The van der Waals surface area contributed by atoms with Gasteiger partial charge in [-0.25, -0.2) is 0 Å². The van der Waals surface area contributed by atoms with Crippen molar-refractivity contribution in [1.82, 2.24) is 20.9 Å². The molecule has 2 heterocycles. The van der Waals surface area contributed by atoms with Crippen LogP contribution < -0.4 is 26.4 Å². The molecule has 1 aliphatic heterocycles. The molecule has 202 valence electrons. The standard InChI is InChI=1S/C26H36ClN5O5/c1-25(2,3)12-18(24(36)30-16(21(28)33)9-13-11-26(4,5)32-22(13)34)31-23(35)17-10-14-19(37-6)8-7-15(27)20(14)29-17/h7-8,10,13,16,18,29H,9,11-12H2,1-6H3,(H2,28,33)(H,30,36)(H,31,35)(H,32,34)/t13-,16+,18+/m1/s1. The first-order valence-corrected chi connectivity index (χ1v) is 12.6. The van der Waals surface area contributed by atoms with E-state index in [0.717, 1.165) is 0 Å². The monoisotopic (exact) mass is 533 g/mol. The normalized spacial score (nSPS) is 18.7.